The molecule has 0 aromatic rings. The molecule has 0 rings (SSSR count). The van der Waals surface area contributed by atoms with E-state index in [1.165, 1.54) is 6.20 Å². The number of hydrogen-bond acceptors (Lipinski definition) is 2. The molecule has 0 aliphatic rings. The van der Waals surface area contributed by atoms with E-state index in [1.54, 1.807) is 6.08 Å². The van der Waals surface area contributed by atoms with Crippen molar-refractivity contribution in [3.63, 3.8) is 0 Å². The largest absolute Gasteiger partial charge is 0.402 e. The van der Waals surface area contributed by atoms with E-state index in [2.05, 4.69) is 11.6 Å². The molecule has 0 spiro atoms. The van der Waals surface area contributed by atoms with Crippen LogP contribution in [0.2, 0.25) is 0 Å². The first-order valence-electron chi connectivity index (χ1n) is 2.76. The number of nitrogens with two attached hydrogens (primary N) is 1. The van der Waals surface area contributed by atoms with Gasteiger partial charge in [0.15, 0.2) is 0 Å². The number of nitrogens with zero attached hydrogens (tertiary/aromatic N) is 1. The van der Waals surface area contributed by atoms with Gasteiger partial charge in [-0.2, -0.15) is 0 Å². The van der Waals surface area contributed by atoms with Gasteiger partial charge in [0, 0.05) is 17.6 Å². The highest BCUT2D eigenvalue weighted by atomic mass is 14.7. The first-order chi connectivity index (χ1) is 4.16. The fourth-order valence-corrected chi connectivity index (χ4v) is 0.511. The molecule has 0 aliphatic heterocycles. The second kappa shape index (κ2) is 3.89. The van der Waals surface area contributed by atoms with Crippen LogP contribution in [0, 0.1) is 0 Å². The standard InChI is InChI=1S/C7H12N2/c1-4-9-7(3)5-6(2)8/h4-5H,1,8H2,2-3H3/b6-5-,9-7-. The Morgan fingerprint density at radius 1 is 1.56 bits per heavy atom. The summed E-state index contributed by atoms with van der Waals surface area (Å²) in [6.07, 6.45) is 3.29. The highest BCUT2D eigenvalue weighted by Gasteiger charge is 1.80. The van der Waals surface area contributed by atoms with Gasteiger partial charge >= 0.3 is 0 Å². The third-order valence-electron chi connectivity index (χ3n) is 0.731. The maximum Gasteiger partial charge on any atom is 0.0389 e. The van der Waals surface area contributed by atoms with Gasteiger partial charge in [-0.05, 0) is 19.9 Å². The van der Waals surface area contributed by atoms with E-state index < -0.39 is 0 Å². The smallest absolute Gasteiger partial charge is 0.0389 e. The van der Waals surface area contributed by atoms with E-state index >= 15 is 0 Å². The van der Waals surface area contributed by atoms with E-state index in [1.807, 2.05) is 13.8 Å². The number of aliphatic imine (C=N–C) groups is 1. The van der Waals surface area contributed by atoms with Gasteiger partial charge in [-0.15, -0.1) is 0 Å². The van der Waals surface area contributed by atoms with E-state index in [0.717, 1.165) is 11.4 Å². The molecule has 0 bridgehead atoms. The SMILES string of the molecule is C=C/N=C(C)\C=C(\C)N. The Kier molecular flexibility index (Phi) is 3.44. The van der Waals surface area contributed by atoms with Crippen LogP contribution in [0.4, 0.5) is 0 Å². The van der Waals surface area contributed by atoms with Crippen LogP contribution in [0.5, 0.6) is 0 Å². The molecule has 50 valence electrons. The fraction of sp³-hybridized carbons (Fsp3) is 0.286. The van der Waals surface area contributed by atoms with Crippen molar-refractivity contribution in [3.8, 4) is 0 Å². The number of rotatable bonds is 2. The quantitative estimate of drug-likeness (QED) is 0.556. The number of hydrogen-bond donors (Lipinski definition) is 1. The Morgan fingerprint density at radius 3 is 2.44 bits per heavy atom. The van der Waals surface area contributed by atoms with Gasteiger partial charge in [0.1, 0.15) is 0 Å². The maximum absolute atomic E-state index is 5.37. The van der Waals surface area contributed by atoms with Crippen LogP contribution < -0.4 is 5.73 Å². The summed E-state index contributed by atoms with van der Waals surface area (Å²) < 4.78 is 0. The van der Waals surface area contributed by atoms with Gasteiger partial charge in [-0.25, -0.2) is 0 Å². The second-order valence-corrected chi connectivity index (χ2v) is 1.84. The van der Waals surface area contributed by atoms with Crippen LogP contribution in [-0.4, -0.2) is 5.71 Å². The molecule has 0 aromatic heterocycles. The molecule has 0 heterocycles. The minimum absolute atomic E-state index is 0.762. The molecule has 0 unspecified atom stereocenters. The maximum atomic E-state index is 5.37. The van der Waals surface area contributed by atoms with Crippen LogP contribution in [0.25, 0.3) is 0 Å². The monoisotopic (exact) mass is 124 g/mol. The summed E-state index contributed by atoms with van der Waals surface area (Å²) in [5.41, 5.74) is 7.01. The van der Waals surface area contributed by atoms with Crippen molar-refractivity contribution < 1.29 is 0 Å². The van der Waals surface area contributed by atoms with Crippen LogP contribution in [0.1, 0.15) is 13.8 Å². The lowest BCUT2D eigenvalue weighted by Gasteiger charge is -1.88. The molecular weight excluding hydrogens is 112 g/mol. The summed E-state index contributed by atoms with van der Waals surface area (Å²) >= 11 is 0. The normalized spacial score (nSPS) is 13.6. The third-order valence-corrected chi connectivity index (χ3v) is 0.731. The molecule has 2 N–H and O–H groups in total. The molecule has 9 heavy (non-hydrogen) atoms. The Hall–Kier alpha value is -1.05. The highest BCUT2D eigenvalue weighted by molar-refractivity contribution is 5.93. The Bertz CT molecular complexity index is 150. The van der Waals surface area contributed by atoms with Gasteiger partial charge in [-0.1, -0.05) is 6.58 Å². The summed E-state index contributed by atoms with van der Waals surface area (Å²) in [6, 6.07) is 0. The van der Waals surface area contributed by atoms with Crippen molar-refractivity contribution in [2.75, 3.05) is 0 Å². The highest BCUT2D eigenvalue weighted by Crippen LogP contribution is 1.84. The summed E-state index contributed by atoms with van der Waals surface area (Å²) in [4.78, 5) is 3.89. The van der Waals surface area contributed by atoms with Gasteiger partial charge in [-0.3, -0.25) is 4.99 Å². The van der Waals surface area contributed by atoms with Crippen LogP contribution in [0.15, 0.2) is 29.5 Å². The van der Waals surface area contributed by atoms with Gasteiger partial charge in [0.25, 0.3) is 0 Å². The predicted octanol–water partition coefficient (Wildman–Crippen LogP) is 1.45. The summed E-state index contributed by atoms with van der Waals surface area (Å²) in [5.74, 6) is 0. The van der Waals surface area contributed by atoms with Crippen molar-refractivity contribution in [3.05, 3.63) is 24.6 Å². The molecule has 0 atom stereocenters. The molecular formula is C7H12N2. The summed E-state index contributed by atoms with van der Waals surface area (Å²) in [7, 11) is 0. The van der Waals surface area contributed by atoms with Crippen LogP contribution in [-0.2, 0) is 0 Å². The molecule has 0 aliphatic carbocycles. The van der Waals surface area contributed by atoms with Crippen molar-refractivity contribution >= 4 is 5.71 Å². The summed E-state index contributed by atoms with van der Waals surface area (Å²) in [6.45, 7) is 7.14. The Balaban J connectivity index is 4.05. The average molecular weight is 124 g/mol. The molecule has 2 heteroatoms. The van der Waals surface area contributed by atoms with Crippen molar-refractivity contribution in [2.24, 2.45) is 10.7 Å². The minimum Gasteiger partial charge on any atom is -0.402 e. The lowest BCUT2D eigenvalue weighted by atomic mass is 10.3. The zero-order chi connectivity index (χ0) is 7.28. The van der Waals surface area contributed by atoms with Gasteiger partial charge in [0.05, 0.1) is 0 Å². The molecule has 0 saturated heterocycles. The zero-order valence-electron chi connectivity index (χ0n) is 5.89. The zero-order valence-corrected chi connectivity index (χ0v) is 5.89. The van der Waals surface area contributed by atoms with Crippen molar-refractivity contribution in [1.82, 2.24) is 0 Å². The lowest BCUT2D eigenvalue weighted by Crippen LogP contribution is -1.94. The molecule has 0 amide bonds. The fourth-order valence-electron chi connectivity index (χ4n) is 0.511. The molecule has 0 fully saturated rings. The topological polar surface area (TPSA) is 38.4 Å². The van der Waals surface area contributed by atoms with E-state index in [4.69, 9.17) is 5.73 Å². The first-order valence-corrected chi connectivity index (χ1v) is 2.76. The van der Waals surface area contributed by atoms with Gasteiger partial charge < -0.3 is 5.73 Å². The predicted molar refractivity (Wildman–Crippen MR) is 41.3 cm³/mol. The summed E-state index contributed by atoms with van der Waals surface area (Å²) in [5, 5.41) is 0. The Morgan fingerprint density at radius 2 is 2.11 bits per heavy atom. The average Bonchev–Trinajstić information content (AvgIpc) is 1.63. The van der Waals surface area contributed by atoms with E-state index in [0.29, 0.717) is 0 Å². The Labute approximate surface area is 55.8 Å². The van der Waals surface area contributed by atoms with Crippen LogP contribution in [0.3, 0.4) is 0 Å². The number of allylic oxidation sites excluding steroid dienone is 2. The van der Waals surface area contributed by atoms with Crippen LogP contribution >= 0.6 is 0 Å². The van der Waals surface area contributed by atoms with Crippen molar-refractivity contribution in [2.45, 2.75) is 13.8 Å². The molecule has 2 nitrogen and oxygen atoms in total. The third kappa shape index (κ3) is 4.81. The molecule has 0 saturated carbocycles. The minimum atomic E-state index is 0.762. The molecule has 0 aromatic carbocycles. The second-order valence-electron chi connectivity index (χ2n) is 1.84. The first kappa shape index (κ1) is 7.95. The van der Waals surface area contributed by atoms with Gasteiger partial charge in [0.2, 0.25) is 0 Å². The van der Waals surface area contributed by atoms with E-state index in [9.17, 15) is 0 Å². The molecule has 0 radical (unpaired) electrons. The lowest BCUT2D eigenvalue weighted by molar-refractivity contribution is 1.32. The van der Waals surface area contributed by atoms with Crippen molar-refractivity contribution in [1.29, 1.82) is 0 Å². The van der Waals surface area contributed by atoms with E-state index in [-0.39, 0.29) is 0 Å².